The van der Waals surface area contributed by atoms with Gasteiger partial charge < -0.3 is 9.64 Å². The third-order valence-electron chi connectivity index (χ3n) is 6.94. The smallest absolute Gasteiger partial charge is 0.257 e. The van der Waals surface area contributed by atoms with E-state index in [1.165, 1.54) is 18.9 Å². The van der Waals surface area contributed by atoms with Gasteiger partial charge in [0.15, 0.2) is 0 Å². The molecule has 4 heteroatoms. The summed E-state index contributed by atoms with van der Waals surface area (Å²) in [6.07, 6.45) is 7.17. The van der Waals surface area contributed by atoms with Gasteiger partial charge in [0.25, 0.3) is 5.91 Å². The Balaban J connectivity index is 2.19. The van der Waals surface area contributed by atoms with Gasteiger partial charge in [-0.25, -0.2) is 4.39 Å². The lowest BCUT2D eigenvalue weighted by Crippen LogP contribution is -2.34. The van der Waals surface area contributed by atoms with E-state index >= 15 is 0 Å². The van der Waals surface area contributed by atoms with Gasteiger partial charge >= 0.3 is 0 Å². The third-order valence-corrected chi connectivity index (χ3v) is 6.94. The Hall–Kier alpha value is -1.58. The van der Waals surface area contributed by atoms with Gasteiger partial charge in [-0.15, -0.1) is 0 Å². The molecule has 0 radical (unpaired) electrons. The first kappa shape index (κ1) is 23.7. The minimum Gasteiger partial charge on any atom is -0.493 e. The Labute approximate surface area is 177 Å². The number of hydrogen-bond acceptors (Lipinski definition) is 2. The molecule has 1 amide bonds. The highest BCUT2D eigenvalue weighted by Gasteiger charge is 2.30. The van der Waals surface area contributed by atoms with Crippen molar-refractivity contribution in [2.45, 2.75) is 92.5 Å². The molecule has 164 valence electrons. The molecule has 0 N–H and O–H groups in total. The van der Waals surface area contributed by atoms with E-state index in [0.717, 1.165) is 31.2 Å². The average molecular weight is 406 g/mol. The number of hydrogen-bond donors (Lipinski definition) is 0. The van der Waals surface area contributed by atoms with E-state index in [1.54, 1.807) is 11.0 Å². The normalized spacial score (nSPS) is 18.9. The number of nitrogens with zero attached hydrogens (tertiary/aromatic N) is 1. The average Bonchev–Trinajstić information content (AvgIpc) is 3.16. The first-order valence-corrected chi connectivity index (χ1v) is 11.5. The highest BCUT2D eigenvalue weighted by Crippen LogP contribution is 2.35. The monoisotopic (exact) mass is 405 g/mol. The molecule has 3 nitrogen and oxygen atoms in total. The van der Waals surface area contributed by atoms with Gasteiger partial charge in [0, 0.05) is 24.1 Å². The van der Waals surface area contributed by atoms with E-state index in [0.29, 0.717) is 31.2 Å². The maximum absolute atomic E-state index is 14.9. The number of halogens is 1. The predicted octanol–water partition coefficient (Wildman–Crippen LogP) is 6.63. The standard InChI is InChI=1S/C25H40FNO2/c1-7-19(8-2)16-25(6,10-4)17-29-23-15-22(26)21(14-20(23)9-3)24(28)27-13-11-12-18(27)5/h14-15,18-19H,7-13,16-17H2,1-6H3. The second-order valence-electron chi connectivity index (χ2n) is 9.12. The van der Waals surface area contributed by atoms with Gasteiger partial charge in [0.1, 0.15) is 11.6 Å². The molecule has 0 aromatic heterocycles. The highest BCUT2D eigenvalue weighted by atomic mass is 19.1. The molecule has 2 atom stereocenters. The van der Waals surface area contributed by atoms with Gasteiger partial charge in [0.05, 0.1) is 12.2 Å². The number of ether oxygens (including phenoxy) is 1. The SMILES string of the molecule is CCc1cc(C(=O)N2CCCC2C)c(F)cc1OCC(C)(CC)CC(CC)CC. The largest absolute Gasteiger partial charge is 0.493 e. The molecule has 29 heavy (non-hydrogen) atoms. The lowest BCUT2D eigenvalue weighted by atomic mass is 9.78. The third kappa shape index (κ3) is 5.73. The van der Waals surface area contributed by atoms with Crippen LogP contribution in [0.5, 0.6) is 5.75 Å². The van der Waals surface area contributed by atoms with Gasteiger partial charge in [-0.3, -0.25) is 4.79 Å². The second-order valence-corrected chi connectivity index (χ2v) is 9.12. The maximum Gasteiger partial charge on any atom is 0.257 e. The van der Waals surface area contributed by atoms with E-state index < -0.39 is 5.82 Å². The Bertz CT molecular complexity index is 686. The van der Waals surface area contributed by atoms with Crippen molar-refractivity contribution in [3.63, 3.8) is 0 Å². The summed E-state index contributed by atoms with van der Waals surface area (Å²) in [6.45, 7) is 14.3. The number of carbonyl (C=O) groups excluding carboxylic acids is 1. The fourth-order valence-corrected chi connectivity index (χ4v) is 4.40. The molecule has 2 unspecified atom stereocenters. The van der Waals surface area contributed by atoms with Crippen LogP contribution in [0.1, 0.15) is 96.0 Å². The zero-order valence-corrected chi connectivity index (χ0v) is 19.3. The summed E-state index contributed by atoms with van der Waals surface area (Å²) in [4.78, 5) is 14.6. The molecule has 1 aromatic carbocycles. The summed E-state index contributed by atoms with van der Waals surface area (Å²) >= 11 is 0. The van der Waals surface area contributed by atoms with Crippen LogP contribution in [0.4, 0.5) is 4.39 Å². The van der Waals surface area contributed by atoms with Crippen molar-refractivity contribution < 1.29 is 13.9 Å². The molecule has 1 fully saturated rings. The summed E-state index contributed by atoms with van der Waals surface area (Å²) in [5, 5.41) is 0. The van der Waals surface area contributed by atoms with Crippen molar-refractivity contribution in [3.05, 3.63) is 29.1 Å². The first-order chi connectivity index (χ1) is 13.8. The van der Waals surface area contributed by atoms with Crippen LogP contribution in [-0.4, -0.2) is 30.0 Å². The van der Waals surface area contributed by atoms with E-state index in [2.05, 4.69) is 27.7 Å². The quantitative estimate of drug-likeness (QED) is 0.437. The van der Waals surface area contributed by atoms with Crippen LogP contribution in [0, 0.1) is 17.2 Å². The number of aryl methyl sites for hydroxylation is 1. The van der Waals surface area contributed by atoms with Crippen molar-refractivity contribution in [2.75, 3.05) is 13.2 Å². The zero-order valence-electron chi connectivity index (χ0n) is 19.3. The lowest BCUT2D eigenvalue weighted by Gasteiger charge is -2.32. The van der Waals surface area contributed by atoms with Crippen LogP contribution in [0.25, 0.3) is 0 Å². The molecule has 2 rings (SSSR count). The van der Waals surface area contributed by atoms with E-state index in [-0.39, 0.29) is 22.9 Å². The predicted molar refractivity (Wildman–Crippen MR) is 118 cm³/mol. The minimum absolute atomic E-state index is 0.0671. The summed E-state index contributed by atoms with van der Waals surface area (Å²) in [7, 11) is 0. The summed E-state index contributed by atoms with van der Waals surface area (Å²) in [5.41, 5.74) is 1.15. The number of rotatable bonds is 10. The molecule has 1 aromatic rings. The van der Waals surface area contributed by atoms with Crippen LogP contribution in [0.2, 0.25) is 0 Å². The van der Waals surface area contributed by atoms with Crippen molar-refractivity contribution in [1.29, 1.82) is 0 Å². The van der Waals surface area contributed by atoms with Gasteiger partial charge in [0.2, 0.25) is 0 Å². The molecule has 1 aliphatic rings. The van der Waals surface area contributed by atoms with Crippen LogP contribution in [-0.2, 0) is 6.42 Å². The van der Waals surface area contributed by atoms with Crippen molar-refractivity contribution in [2.24, 2.45) is 11.3 Å². The Morgan fingerprint density at radius 1 is 1.28 bits per heavy atom. The molecular formula is C25H40FNO2. The number of amides is 1. The topological polar surface area (TPSA) is 29.5 Å². The highest BCUT2D eigenvalue weighted by molar-refractivity contribution is 5.95. The molecule has 1 aliphatic heterocycles. The molecule has 0 saturated carbocycles. The number of benzene rings is 1. The van der Waals surface area contributed by atoms with Crippen molar-refractivity contribution in [3.8, 4) is 5.75 Å². The second kappa shape index (κ2) is 10.4. The molecular weight excluding hydrogens is 365 g/mol. The van der Waals surface area contributed by atoms with Crippen LogP contribution in [0.15, 0.2) is 12.1 Å². The Morgan fingerprint density at radius 2 is 1.97 bits per heavy atom. The lowest BCUT2D eigenvalue weighted by molar-refractivity contribution is 0.0742. The Morgan fingerprint density at radius 3 is 2.48 bits per heavy atom. The van der Waals surface area contributed by atoms with Crippen LogP contribution >= 0.6 is 0 Å². The van der Waals surface area contributed by atoms with Crippen LogP contribution < -0.4 is 4.74 Å². The molecule has 0 bridgehead atoms. The van der Waals surface area contributed by atoms with E-state index in [1.807, 2.05) is 13.8 Å². The van der Waals surface area contributed by atoms with Crippen molar-refractivity contribution in [1.82, 2.24) is 4.90 Å². The molecule has 0 spiro atoms. The fourth-order valence-electron chi connectivity index (χ4n) is 4.40. The summed E-state index contributed by atoms with van der Waals surface area (Å²) < 4.78 is 21.1. The maximum atomic E-state index is 14.9. The number of likely N-dealkylation sites (tertiary alicyclic amines) is 1. The van der Waals surface area contributed by atoms with Crippen molar-refractivity contribution >= 4 is 5.91 Å². The Kier molecular flexibility index (Phi) is 8.54. The molecule has 1 heterocycles. The minimum atomic E-state index is -0.473. The molecule has 1 saturated heterocycles. The molecule has 0 aliphatic carbocycles. The first-order valence-electron chi connectivity index (χ1n) is 11.5. The van der Waals surface area contributed by atoms with E-state index in [9.17, 15) is 9.18 Å². The fraction of sp³-hybridized carbons (Fsp3) is 0.720. The van der Waals surface area contributed by atoms with Gasteiger partial charge in [-0.05, 0) is 56.6 Å². The van der Waals surface area contributed by atoms with Crippen LogP contribution in [0.3, 0.4) is 0 Å². The summed E-state index contributed by atoms with van der Waals surface area (Å²) in [5.74, 6) is 0.606. The summed E-state index contributed by atoms with van der Waals surface area (Å²) in [6, 6.07) is 3.32. The van der Waals surface area contributed by atoms with Gasteiger partial charge in [-0.2, -0.15) is 0 Å². The zero-order chi connectivity index (χ0) is 21.6. The van der Waals surface area contributed by atoms with E-state index in [4.69, 9.17) is 4.74 Å². The number of carbonyl (C=O) groups is 1. The van der Waals surface area contributed by atoms with Gasteiger partial charge in [-0.1, -0.05) is 47.5 Å².